The van der Waals surface area contributed by atoms with E-state index in [0.717, 1.165) is 0 Å². The van der Waals surface area contributed by atoms with E-state index in [4.69, 9.17) is 13.9 Å². The Hall–Kier alpha value is -4.00. The second-order valence-corrected chi connectivity index (χ2v) is 7.07. The van der Waals surface area contributed by atoms with Crippen molar-refractivity contribution in [3.8, 4) is 11.5 Å². The third-order valence-electron chi connectivity index (χ3n) is 4.93. The number of imide groups is 1. The summed E-state index contributed by atoms with van der Waals surface area (Å²) in [7, 11) is 0. The van der Waals surface area contributed by atoms with E-state index in [1.54, 1.807) is 42.5 Å². The number of furan rings is 1. The van der Waals surface area contributed by atoms with Gasteiger partial charge < -0.3 is 19.2 Å². The number of carbonyl (C=O) groups is 2. The Morgan fingerprint density at radius 2 is 1.62 bits per heavy atom. The quantitative estimate of drug-likeness (QED) is 0.503. The minimum absolute atomic E-state index is 0.0510. The van der Waals surface area contributed by atoms with Crippen molar-refractivity contribution in [3.63, 3.8) is 0 Å². The van der Waals surface area contributed by atoms with Gasteiger partial charge in [0.25, 0.3) is 11.8 Å². The molecular weight excluding hydrogens is 408 g/mol. The van der Waals surface area contributed by atoms with Crippen LogP contribution in [0.15, 0.2) is 77.0 Å². The van der Waals surface area contributed by atoms with E-state index < -0.39 is 5.91 Å². The lowest BCUT2D eigenvalue weighted by molar-refractivity contribution is -0.137. The van der Waals surface area contributed by atoms with Gasteiger partial charge in [0.2, 0.25) is 0 Å². The highest BCUT2D eigenvalue weighted by atomic mass is 16.5. The third-order valence-corrected chi connectivity index (χ3v) is 4.93. The number of nitrogens with one attached hydrogen (secondary N) is 1. The molecule has 7 nitrogen and oxygen atoms in total. The molecule has 1 aromatic heterocycles. The molecule has 164 valence electrons. The fourth-order valence-corrected chi connectivity index (χ4v) is 3.52. The van der Waals surface area contributed by atoms with Gasteiger partial charge in [0.1, 0.15) is 23.0 Å². The zero-order valence-corrected chi connectivity index (χ0v) is 18.0. The standard InChI is InChI=1S/C25H24N2O5/c1-3-30-19-12-10-17(11-13-19)22-23(26-18-7-5-8-20(15-18)31-4-2)25(29)27(24(22)28)16-21-9-6-14-32-21/h5-15,26H,3-4,16H2,1-2H3. The molecule has 0 saturated heterocycles. The van der Waals surface area contributed by atoms with Crippen molar-refractivity contribution in [2.45, 2.75) is 20.4 Å². The Bertz CT molecular complexity index is 1130. The molecule has 1 aliphatic rings. The van der Waals surface area contributed by atoms with Crippen LogP contribution in [0.25, 0.3) is 5.57 Å². The average Bonchev–Trinajstić information content (AvgIpc) is 3.38. The Labute approximate surface area is 186 Å². The zero-order chi connectivity index (χ0) is 22.5. The van der Waals surface area contributed by atoms with Crippen LogP contribution >= 0.6 is 0 Å². The summed E-state index contributed by atoms with van der Waals surface area (Å²) in [6.07, 6.45) is 1.51. The molecule has 0 atom stereocenters. The topological polar surface area (TPSA) is 81.0 Å². The van der Waals surface area contributed by atoms with Gasteiger partial charge >= 0.3 is 0 Å². The molecule has 0 saturated carbocycles. The summed E-state index contributed by atoms with van der Waals surface area (Å²) in [5.74, 6) is 1.08. The van der Waals surface area contributed by atoms with Crippen molar-refractivity contribution in [1.82, 2.24) is 4.90 Å². The Kier molecular flexibility index (Phi) is 6.26. The lowest BCUT2D eigenvalue weighted by Gasteiger charge is -2.14. The van der Waals surface area contributed by atoms with Gasteiger partial charge in [-0.15, -0.1) is 0 Å². The van der Waals surface area contributed by atoms with Gasteiger partial charge in [0, 0.05) is 11.8 Å². The maximum absolute atomic E-state index is 13.3. The number of carbonyl (C=O) groups excluding carboxylic acids is 2. The number of anilines is 1. The molecule has 1 N–H and O–H groups in total. The van der Waals surface area contributed by atoms with Crippen LogP contribution in [0.5, 0.6) is 11.5 Å². The minimum atomic E-state index is -0.419. The van der Waals surface area contributed by atoms with Crippen LogP contribution in [0.3, 0.4) is 0 Å². The van der Waals surface area contributed by atoms with E-state index in [2.05, 4.69) is 5.32 Å². The van der Waals surface area contributed by atoms with Gasteiger partial charge in [-0.2, -0.15) is 0 Å². The Balaban J connectivity index is 1.71. The molecule has 0 spiro atoms. The number of hydrogen-bond acceptors (Lipinski definition) is 6. The van der Waals surface area contributed by atoms with Crippen LogP contribution in [0.4, 0.5) is 5.69 Å². The summed E-state index contributed by atoms with van der Waals surface area (Å²) in [6, 6.07) is 17.8. The van der Waals surface area contributed by atoms with Crippen LogP contribution in [-0.2, 0) is 16.1 Å². The number of hydrogen-bond donors (Lipinski definition) is 1. The number of nitrogens with zero attached hydrogens (tertiary/aromatic N) is 1. The largest absolute Gasteiger partial charge is 0.494 e. The zero-order valence-electron chi connectivity index (χ0n) is 18.0. The van der Waals surface area contributed by atoms with E-state index >= 15 is 0 Å². The van der Waals surface area contributed by atoms with E-state index in [0.29, 0.717) is 47.3 Å². The molecule has 3 aromatic rings. The van der Waals surface area contributed by atoms with Crippen molar-refractivity contribution in [3.05, 3.63) is 83.9 Å². The lowest BCUT2D eigenvalue weighted by atomic mass is 10.0. The van der Waals surface area contributed by atoms with E-state index in [1.165, 1.54) is 11.2 Å². The number of ether oxygens (including phenoxy) is 2. The van der Waals surface area contributed by atoms with Crippen molar-refractivity contribution in [1.29, 1.82) is 0 Å². The predicted molar refractivity (Wildman–Crippen MR) is 120 cm³/mol. The Morgan fingerprint density at radius 3 is 2.31 bits per heavy atom. The third kappa shape index (κ3) is 4.37. The molecule has 0 fully saturated rings. The van der Waals surface area contributed by atoms with Crippen molar-refractivity contribution in [2.24, 2.45) is 0 Å². The van der Waals surface area contributed by atoms with E-state index in [1.807, 2.05) is 32.0 Å². The smallest absolute Gasteiger partial charge is 0.278 e. The highest BCUT2D eigenvalue weighted by molar-refractivity contribution is 6.36. The molecule has 32 heavy (non-hydrogen) atoms. The maximum Gasteiger partial charge on any atom is 0.278 e. The first-order valence-electron chi connectivity index (χ1n) is 10.5. The van der Waals surface area contributed by atoms with Crippen LogP contribution in [-0.4, -0.2) is 29.9 Å². The van der Waals surface area contributed by atoms with Gasteiger partial charge in [-0.1, -0.05) is 18.2 Å². The first kappa shape index (κ1) is 21.2. The second kappa shape index (κ2) is 9.43. The van der Waals surface area contributed by atoms with Crippen molar-refractivity contribution >= 4 is 23.1 Å². The molecule has 1 aliphatic heterocycles. The SMILES string of the molecule is CCOc1ccc(C2=C(Nc3cccc(OCC)c3)C(=O)N(Cc3ccco3)C2=O)cc1. The molecule has 2 heterocycles. The van der Waals surface area contributed by atoms with Crippen LogP contribution < -0.4 is 14.8 Å². The fourth-order valence-electron chi connectivity index (χ4n) is 3.52. The number of benzene rings is 2. The summed E-state index contributed by atoms with van der Waals surface area (Å²) >= 11 is 0. The molecule has 7 heteroatoms. The molecule has 2 amide bonds. The van der Waals surface area contributed by atoms with Crippen LogP contribution in [0.1, 0.15) is 25.2 Å². The summed E-state index contributed by atoms with van der Waals surface area (Å²) in [6.45, 7) is 4.92. The highest BCUT2D eigenvalue weighted by Crippen LogP contribution is 2.33. The molecule has 0 bridgehead atoms. The monoisotopic (exact) mass is 432 g/mol. The summed E-state index contributed by atoms with van der Waals surface area (Å²) in [4.78, 5) is 27.8. The highest BCUT2D eigenvalue weighted by Gasteiger charge is 2.39. The van der Waals surface area contributed by atoms with Gasteiger partial charge in [0.05, 0.1) is 31.6 Å². The van der Waals surface area contributed by atoms with Gasteiger partial charge in [-0.05, 0) is 55.8 Å². The fraction of sp³-hybridized carbons (Fsp3) is 0.200. The van der Waals surface area contributed by atoms with E-state index in [9.17, 15) is 9.59 Å². The number of amides is 2. The number of rotatable bonds is 9. The normalized spacial score (nSPS) is 13.6. The van der Waals surface area contributed by atoms with Crippen LogP contribution in [0.2, 0.25) is 0 Å². The maximum atomic E-state index is 13.3. The van der Waals surface area contributed by atoms with E-state index in [-0.39, 0.29) is 18.1 Å². The Morgan fingerprint density at radius 1 is 0.875 bits per heavy atom. The molecule has 4 rings (SSSR count). The van der Waals surface area contributed by atoms with Gasteiger partial charge in [-0.3, -0.25) is 14.5 Å². The molecule has 0 radical (unpaired) electrons. The summed E-state index contributed by atoms with van der Waals surface area (Å²) in [5.41, 5.74) is 1.78. The first-order chi connectivity index (χ1) is 15.6. The van der Waals surface area contributed by atoms with Gasteiger partial charge in [-0.25, -0.2) is 0 Å². The molecule has 0 aliphatic carbocycles. The minimum Gasteiger partial charge on any atom is -0.494 e. The molecular formula is C25H24N2O5. The summed E-state index contributed by atoms with van der Waals surface area (Å²) in [5, 5.41) is 3.14. The first-order valence-corrected chi connectivity index (χ1v) is 10.5. The van der Waals surface area contributed by atoms with Crippen molar-refractivity contribution < 1.29 is 23.5 Å². The van der Waals surface area contributed by atoms with Gasteiger partial charge in [0.15, 0.2) is 0 Å². The molecule has 2 aromatic carbocycles. The summed E-state index contributed by atoms with van der Waals surface area (Å²) < 4.78 is 16.4. The second-order valence-electron chi connectivity index (χ2n) is 7.07. The molecule has 0 unspecified atom stereocenters. The van der Waals surface area contributed by atoms with Crippen molar-refractivity contribution in [2.75, 3.05) is 18.5 Å². The predicted octanol–water partition coefficient (Wildman–Crippen LogP) is 4.47. The lowest BCUT2D eigenvalue weighted by Crippen LogP contribution is -2.31. The average molecular weight is 432 g/mol. The van der Waals surface area contributed by atoms with Crippen LogP contribution in [0, 0.1) is 0 Å².